The van der Waals surface area contributed by atoms with Crippen LogP contribution < -0.4 is 0 Å². The molecule has 0 aromatic heterocycles. The van der Waals surface area contributed by atoms with Gasteiger partial charge in [0, 0.05) is 0 Å². The third kappa shape index (κ3) is 9.07. The van der Waals surface area contributed by atoms with Crippen molar-refractivity contribution in [3.05, 3.63) is 0 Å². The Morgan fingerprint density at radius 2 is 1.25 bits per heavy atom. The van der Waals surface area contributed by atoms with Crippen LogP contribution in [0.4, 0.5) is 0 Å². The quantitative estimate of drug-likeness (QED) is 0.606. The van der Waals surface area contributed by atoms with Gasteiger partial charge in [0.05, 0.1) is 23.7 Å². The Morgan fingerprint density at radius 1 is 1.25 bits per heavy atom. The van der Waals surface area contributed by atoms with Gasteiger partial charge in [-0.25, -0.2) is 0 Å². The van der Waals surface area contributed by atoms with Gasteiger partial charge in [-0.05, 0) is 0 Å². The van der Waals surface area contributed by atoms with Crippen LogP contribution in [0.1, 0.15) is 0 Å². The molecule has 0 amide bonds. The van der Waals surface area contributed by atoms with Gasteiger partial charge in [0.25, 0.3) is 0 Å². The Bertz CT molecular complexity index is 6.00. The van der Waals surface area contributed by atoms with Crippen molar-refractivity contribution in [1.82, 2.24) is 0 Å². The first-order valence-electron chi connectivity index (χ1n) is 0.309. The topological polar surface area (TPSA) is 9.23 Å². The molecule has 0 atom stereocenters. The fraction of sp³-hybridized carbons (Fsp3) is 0. The minimum atomic E-state index is 0. The molecular weight excluding hydrogens is 227 g/mol. The zero-order chi connectivity index (χ0) is 2.71. The van der Waals surface area contributed by atoms with E-state index >= 15 is 0 Å². The van der Waals surface area contributed by atoms with Crippen molar-refractivity contribution in [3.8, 4) is 0 Å². The van der Waals surface area contributed by atoms with Crippen molar-refractivity contribution in [3.63, 3.8) is 0 Å². The van der Waals surface area contributed by atoms with E-state index in [0.29, 0.717) is 0 Å². The molecule has 0 aliphatic rings. The molecule has 0 heterocycles. The van der Waals surface area contributed by atoms with E-state index in [0.717, 1.165) is 0 Å². The number of halogens is 2. The van der Waals surface area contributed by atoms with E-state index in [4.69, 9.17) is 0 Å². The summed E-state index contributed by atoms with van der Waals surface area (Å²) in [6.07, 6.45) is 0. The Hall–Kier alpha value is 1.92. The molecule has 0 unspecified atom stereocenters. The van der Waals surface area contributed by atoms with Gasteiger partial charge in [-0.2, -0.15) is 3.84 Å². The second-order valence-corrected chi connectivity index (χ2v) is 0.525. The fourth-order valence-corrected chi connectivity index (χ4v) is 0. The van der Waals surface area contributed by atoms with Crippen LogP contribution in [0.3, 0.4) is 0 Å². The Balaban J connectivity index is 0. The van der Waals surface area contributed by atoms with Crippen LogP contribution in [0.25, 0.3) is 0 Å². The standard InChI is InChI=1S/Ce.Cl2O/c;1-3-2/q+3;. The van der Waals surface area contributed by atoms with E-state index in [1.807, 2.05) is 0 Å². The predicted octanol–water partition coefficient (Wildman–Crippen LogP) is 1.31. The molecule has 0 saturated carbocycles. The third-order valence-electron chi connectivity index (χ3n) is 0. The monoisotopic (exact) mass is 226 g/mol. The summed E-state index contributed by atoms with van der Waals surface area (Å²) in [4.78, 5) is 0. The Kier molecular flexibility index (Phi) is 20.7. The molecule has 0 bridgehead atoms. The molecule has 0 N–H and O–H groups in total. The molecule has 4 heavy (non-hydrogen) atoms. The zero-order valence-corrected chi connectivity index (χ0v) is 6.32. The van der Waals surface area contributed by atoms with Gasteiger partial charge in [-0.15, -0.1) is 0 Å². The van der Waals surface area contributed by atoms with Crippen LogP contribution in [0, 0.1) is 41.7 Å². The van der Waals surface area contributed by atoms with Crippen molar-refractivity contribution in [2.75, 3.05) is 0 Å². The smallest absolute Gasteiger partial charge is 0.166 e. The molecule has 1 radical (unpaired) electrons. The van der Waals surface area contributed by atoms with Gasteiger partial charge < -0.3 is 0 Å². The van der Waals surface area contributed by atoms with Crippen LogP contribution in [-0.4, -0.2) is 0 Å². The number of rotatable bonds is 0. The van der Waals surface area contributed by atoms with Gasteiger partial charge in [-0.1, -0.05) is 0 Å². The molecule has 0 aromatic rings. The van der Waals surface area contributed by atoms with Crippen molar-refractivity contribution < 1.29 is 45.6 Å². The van der Waals surface area contributed by atoms with Gasteiger partial charge in [0.2, 0.25) is 0 Å². The minimum absolute atomic E-state index is 0. The van der Waals surface area contributed by atoms with E-state index in [2.05, 4.69) is 27.6 Å². The normalized spacial score (nSPS) is 4.50. The molecule has 0 aliphatic heterocycles. The molecule has 0 saturated heterocycles. The summed E-state index contributed by atoms with van der Waals surface area (Å²) < 4.78 is 3.19. The summed E-state index contributed by atoms with van der Waals surface area (Å²) in [6, 6.07) is 0. The molecule has 0 aromatic carbocycles. The Labute approximate surface area is 68.3 Å². The van der Waals surface area contributed by atoms with Crippen molar-refractivity contribution in [1.29, 1.82) is 0 Å². The summed E-state index contributed by atoms with van der Waals surface area (Å²) >= 11 is 8.53. The third-order valence-corrected chi connectivity index (χ3v) is 0. The predicted molar refractivity (Wildman–Crippen MR) is 12.8 cm³/mol. The molecule has 4 heteroatoms. The van der Waals surface area contributed by atoms with E-state index in [9.17, 15) is 0 Å². The summed E-state index contributed by atoms with van der Waals surface area (Å²) in [5, 5.41) is 0. The van der Waals surface area contributed by atoms with E-state index in [1.54, 1.807) is 0 Å². The van der Waals surface area contributed by atoms with Crippen LogP contribution >= 0.6 is 23.7 Å². The fourth-order valence-electron chi connectivity index (χ4n) is 0. The molecule has 21 valence electrons. The van der Waals surface area contributed by atoms with E-state index in [1.165, 1.54) is 0 Å². The maximum atomic E-state index is 4.26. The van der Waals surface area contributed by atoms with Gasteiger partial charge in [-0.3, -0.25) is 0 Å². The van der Waals surface area contributed by atoms with Gasteiger partial charge >= 0.3 is 41.7 Å². The van der Waals surface area contributed by atoms with Crippen LogP contribution in [-0.2, 0) is 3.84 Å². The first kappa shape index (κ1) is 9.32. The number of hydrogen-bond acceptors (Lipinski definition) is 1. The molecule has 0 fully saturated rings. The first-order chi connectivity index (χ1) is 1.41. The molecule has 0 aliphatic carbocycles. The molecule has 0 spiro atoms. The largest absolute Gasteiger partial charge is 3.00 e. The second kappa shape index (κ2) is 8.87. The van der Waals surface area contributed by atoms with Crippen molar-refractivity contribution in [2.24, 2.45) is 0 Å². The second-order valence-electron chi connectivity index (χ2n) is 0.0583. The first-order valence-corrected chi connectivity index (χ1v) is 0.926. The van der Waals surface area contributed by atoms with E-state index in [-0.39, 0.29) is 41.7 Å². The molecular formula is CeCl2O+3. The average molecular weight is 227 g/mol. The summed E-state index contributed by atoms with van der Waals surface area (Å²) in [5.74, 6) is 0. The van der Waals surface area contributed by atoms with Crippen molar-refractivity contribution >= 4 is 23.7 Å². The zero-order valence-electron chi connectivity index (χ0n) is 1.66. The SMILES string of the molecule is ClOCl.[Ce+3]. The van der Waals surface area contributed by atoms with Crippen LogP contribution in [0.2, 0.25) is 0 Å². The molecule has 1 nitrogen and oxygen atoms in total. The molecule has 0 rings (SSSR count). The number of hydrogen-bond donors (Lipinski definition) is 0. The summed E-state index contributed by atoms with van der Waals surface area (Å²) in [6.45, 7) is 0. The van der Waals surface area contributed by atoms with Crippen LogP contribution in [0.5, 0.6) is 0 Å². The van der Waals surface area contributed by atoms with E-state index < -0.39 is 0 Å². The summed E-state index contributed by atoms with van der Waals surface area (Å²) in [7, 11) is 0. The Morgan fingerprint density at radius 3 is 1.25 bits per heavy atom. The maximum absolute atomic E-state index is 4.26. The minimum Gasteiger partial charge on any atom is -0.166 e. The van der Waals surface area contributed by atoms with Gasteiger partial charge in [0.1, 0.15) is 0 Å². The average Bonchev–Trinajstić information content (AvgIpc) is 0.918. The van der Waals surface area contributed by atoms with Crippen molar-refractivity contribution in [2.45, 2.75) is 0 Å². The van der Waals surface area contributed by atoms with Crippen LogP contribution in [0.15, 0.2) is 0 Å². The summed E-state index contributed by atoms with van der Waals surface area (Å²) in [5.41, 5.74) is 0. The van der Waals surface area contributed by atoms with Gasteiger partial charge in [0.15, 0.2) is 0 Å². The maximum Gasteiger partial charge on any atom is 3.00 e.